The van der Waals surface area contributed by atoms with Crippen LogP contribution in [0.2, 0.25) is 0 Å². The molecular weight excluding hydrogens is 316 g/mol. The fourth-order valence-corrected chi connectivity index (χ4v) is 3.40. The van der Waals surface area contributed by atoms with Crippen molar-refractivity contribution in [2.45, 2.75) is 47.0 Å². The smallest absolute Gasteiger partial charge is 0.220 e. The van der Waals surface area contributed by atoms with E-state index in [9.17, 15) is 0 Å². The highest BCUT2D eigenvalue weighted by Gasteiger charge is 2.23. The largest absolute Gasteiger partial charge is 0.238 e. The lowest BCUT2D eigenvalue weighted by atomic mass is 9.82. The van der Waals surface area contributed by atoms with Crippen LogP contribution in [0.25, 0.3) is 26.9 Å². The summed E-state index contributed by atoms with van der Waals surface area (Å²) in [5.74, 6) is 0. The van der Waals surface area contributed by atoms with Crippen LogP contribution in [0.3, 0.4) is 0 Å². The SMILES string of the molecule is [2H]c1c(C)[n+](C)c(-c2cc(C(C)(C)C)cc(C)c2C)c2ccc([N+]#[C-])cc12. The van der Waals surface area contributed by atoms with Crippen LogP contribution in [0.5, 0.6) is 0 Å². The van der Waals surface area contributed by atoms with Crippen LogP contribution < -0.4 is 4.57 Å². The second-order valence-corrected chi connectivity index (χ2v) is 8.18. The number of hydrogen-bond acceptors (Lipinski definition) is 0. The lowest BCUT2D eigenvalue weighted by molar-refractivity contribution is -0.665. The van der Waals surface area contributed by atoms with Crippen molar-refractivity contribution in [3.8, 4) is 11.3 Å². The molecule has 0 aliphatic carbocycles. The molecule has 132 valence electrons. The summed E-state index contributed by atoms with van der Waals surface area (Å²) < 4.78 is 10.7. The third-order valence-corrected chi connectivity index (χ3v) is 5.33. The average molecular weight is 345 g/mol. The Labute approximate surface area is 158 Å². The molecule has 26 heavy (non-hydrogen) atoms. The van der Waals surface area contributed by atoms with E-state index >= 15 is 0 Å². The maximum absolute atomic E-state index is 8.57. The van der Waals surface area contributed by atoms with Crippen molar-refractivity contribution in [1.29, 1.82) is 0 Å². The van der Waals surface area contributed by atoms with Gasteiger partial charge in [0.1, 0.15) is 7.05 Å². The van der Waals surface area contributed by atoms with E-state index in [1.54, 1.807) is 0 Å². The molecule has 0 saturated heterocycles. The van der Waals surface area contributed by atoms with Gasteiger partial charge in [0.25, 0.3) is 0 Å². The van der Waals surface area contributed by atoms with Gasteiger partial charge in [0.15, 0.2) is 11.4 Å². The molecule has 0 N–H and O–H groups in total. The molecule has 2 heteroatoms. The molecule has 0 atom stereocenters. The highest BCUT2D eigenvalue weighted by molar-refractivity contribution is 5.96. The highest BCUT2D eigenvalue weighted by atomic mass is 14.9. The number of rotatable bonds is 1. The molecule has 0 amide bonds. The maximum atomic E-state index is 8.57. The highest BCUT2D eigenvalue weighted by Crippen LogP contribution is 2.35. The number of nitrogens with zero attached hydrogens (tertiary/aromatic N) is 2. The van der Waals surface area contributed by atoms with Crippen molar-refractivity contribution in [2.24, 2.45) is 7.05 Å². The van der Waals surface area contributed by atoms with Gasteiger partial charge < -0.3 is 0 Å². The number of pyridine rings is 1. The Morgan fingerprint density at radius 3 is 2.38 bits per heavy atom. The standard InChI is InChI=1S/C24H27N2/c1-15-11-19(24(4,5)6)14-22(17(15)3)23-21-10-9-20(25-7)13-18(21)12-16(2)26(23)8/h9-14H,1-6,8H3/q+1/i12D. The molecular formula is C24H27N2+. The van der Waals surface area contributed by atoms with Crippen LogP contribution in [-0.2, 0) is 12.5 Å². The second kappa shape index (κ2) is 6.25. The Bertz CT molecular complexity index is 1110. The molecule has 0 aliphatic rings. The Morgan fingerprint density at radius 2 is 1.77 bits per heavy atom. The number of aromatic nitrogens is 1. The van der Waals surface area contributed by atoms with Gasteiger partial charge in [-0.2, -0.15) is 4.57 Å². The van der Waals surface area contributed by atoms with Crippen LogP contribution in [0.15, 0.2) is 36.4 Å². The van der Waals surface area contributed by atoms with Crippen LogP contribution in [0.4, 0.5) is 5.69 Å². The fourth-order valence-electron chi connectivity index (χ4n) is 3.40. The first-order valence-electron chi connectivity index (χ1n) is 9.48. The summed E-state index contributed by atoms with van der Waals surface area (Å²) in [7, 11) is 2.03. The van der Waals surface area contributed by atoms with Gasteiger partial charge in [-0.25, -0.2) is 4.85 Å². The quantitative estimate of drug-likeness (QED) is 0.372. The first kappa shape index (κ1) is 16.8. The molecule has 0 bridgehead atoms. The topological polar surface area (TPSA) is 8.24 Å². The van der Waals surface area contributed by atoms with Gasteiger partial charge in [0.2, 0.25) is 5.69 Å². The van der Waals surface area contributed by atoms with Crippen molar-refractivity contribution in [3.63, 3.8) is 0 Å². The molecule has 1 aromatic heterocycles. The van der Waals surface area contributed by atoms with Crippen molar-refractivity contribution in [1.82, 2.24) is 0 Å². The number of hydrogen-bond donors (Lipinski definition) is 0. The molecule has 0 saturated carbocycles. The van der Waals surface area contributed by atoms with Crippen LogP contribution in [0.1, 0.15) is 44.5 Å². The predicted octanol–water partition coefficient (Wildman–Crippen LogP) is 6.10. The van der Waals surface area contributed by atoms with Crippen molar-refractivity contribution in [3.05, 3.63) is 70.2 Å². The summed E-state index contributed by atoms with van der Waals surface area (Å²) in [6.45, 7) is 20.3. The zero-order valence-corrected chi connectivity index (χ0v) is 16.8. The van der Waals surface area contributed by atoms with Crippen molar-refractivity contribution >= 4 is 16.5 Å². The Balaban J connectivity index is 2.49. The Hall–Kier alpha value is -2.66. The third-order valence-electron chi connectivity index (χ3n) is 5.33. The molecule has 1 heterocycles. The minimum absolute atomic E-state index is 0.0588. The molecule has 2 nitrogen and oxygen atoms in total. The van der Waals surface area contributed by atoms with E-state index in [-0.39, 0.29) is 5.41 Å². The van der Waals surface area contributed by atoms with Gasteiger partial charge in [-0.15, -0.1) is 0 Å². The van der Waals surface area contributed by atoms with Gasteiger partial charge in [-0.3, -0.25) is 0 Å². The monoisotopic (exact) mass is 344 g/mol. The predicted molar refractivity (Wildman–Crippen MR) is 110 cm³/mol. The first-order valence-corrected chi connectivity index (χ1v) is 8.98. The van der Waals surface area contributed by atoms with Gasteiger partial charge in [0, 0.05) is 13.0 Å². The Morgan fingerprint density at radius 1 is 1.08 bits per heavy atom. The van der Waals surface area contributed by atoms with Gasteiger partial charge in [-0.05, 0) is 53.5 Å². The van der Waals surface area contributed by atoms with Crippen molar-refractivity contribution < 1.29 is 5.94 Å². The molecule has 2 aromatic carbocycles. The molecule has 3 rings (SSSR count). The number of benzene rings is 2. The van der Waals surface area contributed by atoms with Crippen molar-refractivity contribution in [2.75, 3.05) is 0 Å². The number of aryl methyl sites for hydroxylation is 1. The minimum atomic E-state index is 0.0588. The molecule has 0 spiro atoms. The van der Waals surface area contributed by atoms with E-state index in [0.29, 0.717) is 11.7 Å². The molecule has 0 radical (unpaired) electrons. The normalized spacial score (nSPS) is 12.2. The van der Waals surface area contributed by atoms with E-state index in [0.717, 1.165) is 22.2 Å². The lowest BCUT2D eigenvalue weighted by Gasteiger charge is -2.22. The van der Waals surface area contributed by atoms with Gasteiger partial charge in [-0.1, -0.05) is 39.0 Å². The molecule has 3 aromatic rings. The summed E-state index contributed by atoms with van der Waals surface area (Å²) in [4.78, 5) is 3.55. The number of fused-ring (bicyclic) bond motifs is 1. The summed E-state index contributed by atoms with van der Waals surface area (Å²) in [5, 5.41) is 1.86. The van der Waals surface area contributed by atoms with Crippen LogP contribution in [0, 0.1) is 27.3 Å². The summed E-state index contributed by atoms with van der Waals surface area (Å²) >= 11 is 0. The molecule has 0 unspecified atom stereocenters. The van der Waals surface area contributed by atoms with Gasteiger partial charge >= 0.3 is 0 Å². The first-order chi connectivity index (χ1) is 12.6. The average Bonchev–Trinajstić information content (AvgIpc) is 2.62. The molecule has 0 aliphatic heterocycles. The summed E-state index contributed by atoms with van der Waals surface area (Å²) in [6.07, 6.45) is 0. The van der Waals surface area contributed by atoms with E-state index < -0.39 is 0 Å². The van der Waals surface area contributed by atoms with E-state index in [1.165, 1.54) is 22.3 Å². The minimum Gasteiger partial charge on any atom is -0.238 e. The van der Waals surface area contributed by atoms with E-state index in [2.05, 4.69) is 56.2 Å². The zero-order chi connectivity index (χ0) is 20.1. The third kappa shape index (κ3) is 2.99. The molecule has 0 fully saturated rings. The summed E-state index contributed by atoms with van der Waals surface area (Å²) in [6, 6.07) is 10.8. The van der Waals surface area contributed by atoms with Crippen LogP contribution in [-0.4, -0.2) is 0 Å². The van der Waals surface area contributed by atoms with E-state index in [1.807, 2.05) is 32.2 Å². The van der Waals surface area contributed by atoms with Crippen LogP contribution >= 0.6 is 0 Å². The zero-order valence-electron chi connectivity index (χ0n) is 17.8. The second-order valence-electron chi connectivity index (χ2n) is 8.18. The summed E-state index contributed by atoms with van der Waals surface area (Å²) in [5.41, 5.74) is 7.68. The maximum Gasteiger partial charge on any atom is 0.220 e. The lowest BCUT2D eigenvalue weighted by Crippen LogP contribution is -2.35. The fraction of sp³-hybridized carbons (Fsp3) is 0.333. The van der Waals surface area contributed by atoms with E-state index in [4.69, 9.17) is 7.94 Å². The van der Waals surface area contributed by atoms with Gasteiger partial charge in [0.05, 0.1) is 18.9 Å². The Kier molecular flexibility index (Phi) is 4.04.